The molecule has 1 aromatic rings. The molecule has 7 nitrogen and oxygen atoms in total. The standard InChI is InChI=1S/C13H15ClN2O5/c14-11-8-9(16(20)21)5-6-10(11)13(19)15-7-3-1-2-4-12(17)18/h5-6,8H,1-4,7H2,(H,15,19)(H,17,18). The number of carboxylic acids is 1. The van der Waals surface area contributed by atoms with Crippen molar-refractivity contribution in [3.63, 3.8) is 0 Å². The number of unbranched alkanes of at least 4 members (excludes halogenated alkanes) is 2. The number of aliphatic carboxylic acids is 1. The highest BCUT2D eigenvalue weighted by Crippen LogP contribution is 2.22. The van der Waals surface area contributed by atoms with E-state index in [1.807, 2.05) is 0 Å². The van der Waals surface area contributed by atoms with Crippen LogP contribution < -0.4 is 5.32 Å². The van der Waals surface area contributed by atoms with Gasteiger partial charge in [-0.3, -0.25) is 19.7 Å². The quantitative estimate of drug-likeness (QED) is 0.435. The first kappa shape index (κ1) is 16.9. The van der Waals surface area contributed by atoms with Crippen molar-refractivity contribution in [3.05, 3.63) is 38.9 Å². The van der Waals surface area contributed by atoms with Gasteiger partial charge in [0.05, 0.1) is 15.5 Å². The Labute approximate surface area is 126 Å². The number of nitrogens with zero attached hydrogens (tertiary/aromatic N) is 1. The number of non-ortho nitro benzene ring substituents is 1. The van der Waals surface area contributed by atoms with E-state index in [4.69, 9.17) is 16.7 Å². The van der Waals surface area contributed by atoms with E-state index in [1.54, 1.807) is 0 Å². The van der Waals surface area contributed by atoms with Gasteiger partial charge >= 0.3 is 5.97 Å². The van der Waals surface area contributed by atoms with Gasteiger partial charge in [-0.2, -0.15) is 0 Å². The lowest BCUT2D eigenvalue weighted by Crippen LogP contribution is -2.24. The number of nitro benzene ring substituents is 1. The Balaban J connectivity index is 2.42. The molecule has 0 saturated heterocycles. The van der Waals surface area contributed by atoms with Crippen LogP contribution in [0.4, 0.5) is 5.69 Å². The van der Waals surface area contributed by atoms with Crippen molar-refractivity contribution in [1.29, 1.82) is 0 Å². The molecule has 21 heavy (non-hydrogen) atoms. The van der Waals surface area contributed by atoms with Crippen LogP contribution in [0.1, 0.15) is 36.0 Å². The van der Waals surface area contributed by atoms with Crippen molar-refractivity contribution in [2.24, 2.45) is 0 Å². The smallest absolute Gasteiger partial charge is 0.303 e. The van der Waals surface area contributed by atoms with Crippen molar-refractivity contribution in [2.45, 2.75) is 25.7 Å². The van der Waals surface area contributed by atoms with Gasteiger partial charge in [0.15, 0.2) is 0 Å². The number of rotatable bonds is 8. The fourth-order valence-electron chi connectivity index (χ4n) is 1.68. The lowest BCUT2D eigenvalue weighted by Gasteiger charge is -2.06. The van der Waals surface area contributed by atoms with Crippen molar-refractivity contribution >= 4 is 29.2 Å². The molecule has 0 unspecified atom stereocenters. The Hall–Kier alpha value is -2.15. The molecule has 2 N–H and O–H groups in total. The molecular formula is C13H15ClN2O5. The summed E-state index contributed by atoms with van der Waals surface area (Å²) in [5.74, 6) is -1.25. The van der Waals surface area contributed by atoms with Crippen LogP contribution in [0, 0.1) is 10.1 Å². The number of carbonyl (C=O) groups excluding carboxylic acids is 1. The van der Waals surface area contributed by atoms with Gasteiger partial charge in [0.2, 0.25) is 0 Å². The van der Waals surface area contributed by atoms with Crippen LogP contribution in [0.3, 0.4) is 0 Å². The average molecular weight is 315 g/mol. The first-order chi connectivity index (χ1) is 9.91. The van der Waals surface area contributed by atoms with E-state index in [0.29, 0.717) is 25.8 Å². The van der Waals surface area contributed by atoms with Gasteiger partial charge in [-0.05, 0) is 18.9 Å². The Morgan fingerprint density at radius 1 is 1.29 bits per heavy atom. The number of nitro groups is 1. The molecule has 1 amide bonds. The zero-order chi connectivity index (χ0) is 15.8. The first-order valence-corrected chi connectivity index (χ1v) is 6.73. The molecule has 0 aliphatic rings. The molecule has 0 aliphatic heterocycles. The summed E-state index contributed by atoms with van der Waals surface area (Å²) in [4.78, 5) is 32.1. The predicted octanol–water partition coefficient (Wildman–Crippen LogP) is 2.62. The van der Waals surface area contributed by atoms with Gasteiger partial charge in [0.1, 0.15) is 0 Å². The maximum absolute atomic E-state index is 11.8. The lowest BCUT2D eigenvalue weighted by molar-refractivity contribution is -0.384. The molecule has 0 fully saturated rings. The molecule has 0 bridgehead atoms. The minimum absolute atomic E-state index is 0.0209. The molecular weight excluding hydrogens is 300 g/mol. The van der Waals surface area contributed by atoms with E-state index in [2.05, 4.69) is 5.32 Å². The van der Waals surface area contributed by atoms with E-state index in [9.17, 15) is 19.7 Å². The van der Waals surface area contributed by atoms with Crippen molar-refractivity contribution in [2.75, 3.05) is 6.54 Å². The topological polar surface area (TPSA) is 110 Å². The maximum Gasteiger partial charge on any atom is 0.303 e. The van der Waals surface area contributed by atoms with Gasteiger partial charge in [-0.1, -0.05) is 18.0 Å². The first-order valence-electron chi connectivity index (χ1n) is 6.35. The fourth-order valence-corrected chi connectivity index (χ4v) is 1.94. The highest BCUT2D eigenvalue weighted by molar-refractivity contribution is 6.34. The molecule has 0 radical (unpaired) electrons. The molecule has 1 aromatic carbocycles. The summed E-state index contributed by atoms with van der Waals surface area (Å²) in [6.07, 6.45) is 2.02. The second kappa shape index (κ2) is 8.21. The van der Waals surface area contributed by atoms with Gasteiger partial charge in [0.25, 0.3) is 11.6 Å². The number of amides is 1. The van der Waals surface area contributed by atoms with Crippen LogP contribution in [0.5, 0.6) is 0 Å². The summed E-state index contributed by atoms with van der Waals surface area (Å²) < 4.78 is 0. The van der Waals surface area contributed by atoms with E-state index in [0.717, 1.165) is 6.07 Å². The second-order valence-electron chi connectivity index (χ2n) is 4.38. The Morgan fingerprint density at radius 3 is 2.57 bits per heavy atom. The molecule has 0 atom stereocenters. The number of benzene rings is 1. The highest BCUT2D eigenvalue weighted by atomic mass is 35.5. The van der Waals surface area contributed by atoms with E-state index in [1.165, 1.54) is 12.1 Å². The minimum Gasteiger partial charge on any atom is -0.481 e. The average Bonchev–Trinajstić information content (AvgIpc) is 2.41. The zero-order valence-corrected chi connectivity index (χ0v) is 11.9. The summed E-state index contributed by atoms with van der Waals surface area (Å²) in [5, 5.41) is 21.7. The van der Waals surface area contributed by atoms with Crippen molar-refractivity contribution in [1.82, 2.24) is 5.32 Å². The predicted molar refractivity (Wildman–Crippen MR) is 76.5 cm³/mol. The summed E-state index contributed by atoms with van der Waals surface area (Å²) in [6, 6.07) is 3.65. The molecule has 0 aliphatic carbocycles. The van der Waals surface area contributed by atoms with Crippen molar-refractivity contribution in [3.8, 4) is 0 Å². The minimum atomic E-state index is -0.836. The third-order valence-electron chi connectivity index (χ3n) is 2.76. The number of carboxylic acid groups (broad SMARTS) is 1. The molecule has 1 rings (SSSR count). The van der Waals surface area contributed by atoms with E-state index < -0.39 is 16.8 Å². The summed E-state index contributed by atoms with van der Waals surface area (Å²) >= 11 is 5.84. The van der Waals surface area contributed by atoms with Crippen LogP contribution >= 0.6 is 11.6 Å². The molecule has 0 aromatic heterocycles. The molecule has 0 spiro atoms. The molecule has 8 heteroatoms. The lowest BCUT2D eigenvalue weighted by atomic mass is 10.1. The monoisotopic (exact) mass is 314 g/mol. The Morgan fingerprint density at radius 2 is 2.00 bits per heavy atom. The van der Waals surface area contributed by atoms with Gasteiger partial charge < -0.3 is 10.4 Å². The molecule has 114 valence electrons. The van der Waals surface area contributed by atoms with E-state index >= 15 is 0 Å². The van der Waals surface area contributed by atoms with Gasteiger partial charge in [0, 0.05) is 25.1 Å². The van der Waals surface area contributed by atoms with Gasteiger partial charge in [-0.25, -0.2) is 0 Å². The SMILES string of the molecule is O=C(O)CCCCCNC(=O)c1ccc([N+](=O)[O-])cc1Cl. The van der Waals surface area contributed by atoms with Crippen molar-refractivity contribution < 1.29 is 19.6 Å². The van der Waals surface area contributed by atoms with Crippen LogP contribution in [0.2, 0.25) is 5.02 Å². The van der Waals surface area contributed by atoms with Crippen LogP contribution in [-0.2, 0) is 4.79 Å². The third kappa shape index (κ3) is 5.78. The fraction of sp³-hybridized carbons (Fsp3) is 0.385. The van der Waals surface area contributed by atoms with Gasteiger partial charge in [-0.15, -0.1) is 0 Å². The summed E-state index contributed by atoms with van der Waals surface area (Å²) in [6.45, 7) is 0.395. The number of halogens is 1. The Bertz CT molecular complexity index is 547. The Kier molecular flexibility index (Phi) is 6.61. The van der Waals surface area contributed by atoms with Crippen LogP contribution in [0.25, 0.3) is 0 Å². The number of hydrogen-bond donors (Lipinski definition) is 2. The van der Waals surface area contributed by atoms with Crippen LogP contribution in [-0.4, -0.2) is 28.5 Å². The molecule has 0 saturated carbocycles. The maximum atomic E-state index is 11.8. The molecule has 0 heterocycles. The number of nitrogens with one attached hydrogen (secondary N) is 1. The highest BCUT2D eigenvalue weighted by Gasteiger charge is 2.14. The summed E-state index contributed by atoms with van der Waals surface area (Å²) in [5.41, 5.74) is -0.00183. The van der Waals surface area contributed by atoms with E-state index in [-0.39, 0.29) is 22.7 Å². The number of hydrogen-bond acceptors (Lipinski definition) is 4. The number of carbonyl (C=O) groups is 2. The zero-order valence-electron chi connectivity index (χ0n) is 11.2. The third-order valence-corrected chi connectivity index (χ3v) is 3.07. The van der Waals surface area contributed by atoms with Crippen LogP contribution in [0.15, 0.2) is 18.2 Å². The normalized spacial score (nSPS) is 10.1. The second-order valence-corrected chi connectivity index (χ2v) is 4.79. The summed E-state index contributed by atoms with van der Waals surface area (Å²) in [7, 11) is 0. The largest absolute Gasteiger partial charge is 0.481 e.